The fraction of sp³-hybridized carbons (Fsp3) is 0.638. The van der Waals surface area contributed by atoms with Crippen LogP contribution in [0.3, 0.4) is 0 Å². The molecule has 0 saturated carbocycles. The van der Waals surface area contributed by atoms with Crippen molar-refractivity contribution in [1.29, 1.82) is 0 Å². The SMILES string of the molecule is COc1cc2cc(c1Cl)N(C)C(=O)C[C@H](CC(=O)[C@@H](C)N(C)C(=O)CCC(C)(C)SSCCCC(=O)ON1C(=O)CCC1=O)C1OC1[C@@H](C)C1C[C@@](O)(CC(=O)O1)[C@H](OC)/C=C/C=C(\C)C2. The molecule has 1 N–H and O–H groups in total. The van der Waals surface area contributed by atoms with Crippen LogP contribution in [0.1, 0.15) is 104 Å². The second kappa shape index (κ2) is 22.9. The van der Waals surface area contributed by atoms with Gasteiger partial charge in [0.2, 0.25) is 11.8 Å². The van der Waals surface area contributed by atoms with Crippen molar-refractivity contribution < 1.29 is 62.5 Å². The lowest BCUT2D eigenvalue weighted by Crippen LogP contribution is -2.53. The summed E-state index contributed by atoms with van der Waals surface area (Å²) in [6.07, 6.45) is 4.08. The molecule has 19 heteroatoms. The molecule has 0 aromatic heterocycles. The zero-order chi connectivity index (χ0) is 48.7. The van der Waals surface area contributed by atoms with Gasteiger partial charge in [-0.3, -0.25) is 28.8 Å². The van der Waals surface area contributed by atoms with Crippen LogP contribution in [0.2, 0.25) is 5.02 Å². The zero-order valence-corrected chi connectivity index (χ0v) is 41.7. The molecule has 16 nitrogen and oxygen atoms in total. The molecule has 3 unspecified atom stereocenters. The molecule has 1 aromatic carbocycles. The van der Waals surface area contributed by atoms with Crippen LogP contribution < -0.4 is 9.64 Å². The molecule has 0 aliphatic carbocycles. The van der Waals surface area contributed by atoms with E-state index in [1.807, 2.05) is 45.9 Å². The number of methoxy groups -OCH3 is 2. The molecule has 3 saturated heterocycles. The Hall–Kier alpha value is -3.94. The summed E-state index contributed by atoms with van der Waals surface area (Å²) in [7, 11) is 9.29. The lowest BCUT2D eigenvalue weighted by Gasteiger charge is -2.41. The van der Waals surface area contributed by atoms with E-state index in [1.165, 1.54) is 34.8 Å². The summed E-state index contributed by atoms with van der Waals surface area (Å²) in [6.45, 7) is 9.48. The van der Waals surface area contributed by atoms with Gasteiger partial charge in [0.25, 0.3) is 11.8 Å². The standard InChI is InChI=1S/C47H64ClN3O13S2/c1-27-12-10-13-36(61-9)47(59)25-35(62-42(58)26-47)28(2)44-45(63-44)31(24-40(56)50(7)32-21-30(20-27)22-34(60-8)43(32)48)23-33(52)29(3)49(6)37(53)17-18-46(4,5)66-65-19-11-14-41(57)64-51-38(54)15-16-39(51)55/h10,12-13,21-22,28-29,31,35-36,44-45,59H,11,14-20,23-26H2,1-9H3/b13-10+,27-12+/t28-,29+,31-,35?,36+,44?,45?,47+/m0/s1. The van der Waals surface area contributed by atoms with Crippen molar-refractivity contribution in [2.24, 2.45) is 11.8 Å². The summed E-state index contributed by atoms with van der Waals surface area (Å²) >= 11 is 6.82. The van der Waals surface area contributed by atoms with Crippen molar-refractivity contribution in [3.05, 3.63) is 46.5 Å². The number of nitrogens with zero attached hydrogens (tertiary/aromatic N) is 3. The van der Waals surface area contributed by atoms with Crippen LogP contribution in [0.5, 0.6) is 5.75 Å². The maximum Gasteiger partial charge on any atom is 0.333 e. The molecule has 364 valence electrons. The number of aliphatic hydroxyl groups is 1. The molecule has 3 fully saturated rings. The minimum Gasteiger partial charge on any atom is -0.495 e. The van der Waals surface area contributed by atoms with Crippen LogP contribution in [0, 0.1) is 11.8 Å². The first-order valence-corrected chi connectivity index (χ1v) is 25.0. The lowest BCUT2D eigenvalue weighted by atomic mass is 9.79. The second-order valence-electron chi connectivity index (χ2n) is 18.4. The Kier molecular flexibility index (Phi) is 18.4. The van der Waals surface area contributed by atoms with Crippen molar-refractivity contribution in [2.75, 3.05) is 39.0 Å². The molecule has 4 amide bonds. The molecule has 8 atom stereocenters. The van der Waals surface area contributed by atoms with Gasteiger partial charge in [0.1, 0.15) is 28.6 Å². The topological polar surface area (TPSA) is 199 Å². The number of amides is 4. The van der Waals surface area contributed by atoms with E-state index in [4.69, 9.17) is 35.4 Å². The summed E-state index contributed by atoms with van der Waals surface area (Å²) < 4.78 is 23.1. The van der Waals surface area contributed by atoms with Gasteiger partial charge in [0, 0.05) is 88.5 Å². The molecule has 66 heavy (non-hydrogen) atoms. The highest BCUT2D eigenvalue weighted by Crippen LogP contribution is 2.45. The van der Waals surface area contributed by atoms with Crippen molar-refractivity contribution in [3.63, 3.8) is 0 Å². The minimum atomic E-state index is -1.57. The van der Waals surface area contributed by atoms with E-state index in [0.29, 0.717) is 41.5 Å². The van der Waals surface area contributed by atoms with Crippen molar-refractivity contribution in [3.8, 4) is 5.75 Å². The monoisotopic (exact) mass is 977 g/mol. The Morgan fingerprint density at radius 1 is 1.08 bits per heavy atom. The van der Waals surface area contributed by atoms with Gasteiger partial charge in [0.05, 0.1) is 37.5 Å². The van der Waals surface area contributed by atoms with E-state index in [1.54, 1.807) is 44.0 Å². The first-order chi connectivity index (χ1) is 31.1. The third-order valence-corrected chi connectivity index (χ3v) is 16.6. The molecule has 5 rings (SSSR count). The van der Waals surface area contributed by atoms with E-state index in [2.05, 4.69) is 0 Å². The number of hydrogen-bond donors (Lipinski definition) is 1. The van der Waals surface area contributed by atoms with Crippen LogP contribution in [0.25, 0.3) is 0 Å². The number of allylic oxidation sites excluding steroid dienone is 3. The maximum absolute atomic E-state index is 14.3. The summed E-state index contributed by atoms with van der Waals surface area (Å²) in [6, 6.07) is 2.81. The molecule has 4 aliphatic heterocycles. The molecule has 0 spiro atoms. The number of epoxide rings is 1. The molecule has 4 bridgehead atoms. The Balaban J connectivity index is 1.26. The summed E-state index contributed by atoms with van der Waals surface area (Å²) in [5.41, 5.74) is 0.634. The molecular weight excluding hydrogens is 914 g/mol. The number of esters is 1. The number of imide groups is 1. The summed E-state index contributed by atoms with van der Waals surface area (Å²) in [4.78, 5) is 98.4. The molecule has 0 radical (unpaired) electrons. The number of benzene rings is 1. The third kappa shape index (κ3) is 13.6. The van der Waals surface area contributed by atoms with Crippen molar-refractivity contribution in [1.82, 2.24) is 9.96 Å². The smallest absolute Gasteiger partial charge is 0.333 e. The van der Waals surface area contributed by atoms with Gasteiger partial charge in [-0.2, -0.15) is 0 Å². The van der Waals surface area contributed by atoms with Gasteiger partial charge < -0.3 is 38.7 Å². The zero-order valence-electron chi connectivity index (χ0n) is 39.3. The predicted molar refractivity (Wildman–Crippen MR) is 250 cm³/mol. The Labute approximate surface area is 400 Å². The average Bonchev–Trinajstić information content (AvgIpc) is 4.01. The first-order valence-electron chi connectivity index (χ1n) is 22.3. The Bertz CT molecular complexity index is 2070. The van der Waals surface area contributed by atoms with Crippen molar-refractivity contribution in [2.45, 2.75) is 146 Å². The number of Topliss-reactive ketones (excluding diaryl/α,β-unsaturated/α-hetero) is 1. The average molecular weight is 979 g/mol. The van der Waals surface area contributed by atoms with E-state index < -0.39 is 71.6 Å². The highest BCUT2D eigenvalue weighted by atomic mass is 35.5. The number of ketones is 1. The number of carbonyl (C=O) groups is 7. The number of hydrogen-bond acceptors (Lipinski definition) is 15. The van der Waals surface area contributed by atoms with Crippen LogP contribution in [0.15, 0.2) is 35.9 Å². The number of ether oxygens (including phenoxy) is 4. The van der Waals surface area contributed by atoms with Crippen LogP contribution >= 0.6 is 33.2 Å². The predicted octanol–water partition coefficient (Wildman–Crippen LogP) is 6.37. The van der Waals surface area contributed by atoms with Gasteiger partial charge in [-0.05, 0) is 64.7 Å². The van der Waals surface area contributed by atoms with E-state index in [9.17, 15) is 38.7 Å². The number of hydroxylamine groups is 2. The normalized spacial score (nSPS) is 27.9. The number of likely N-dealkylation sites (N-methyl/N-ethyl adjacent to an activating group) is 1. The molecule has 4 aliphatic rings. The van der Waals surface area contributed by atoms with Gasteiger partial charge in [-0.1, -0.05) is 63.9 Å². The highest BCUT2D eigenvalue weighted by Gasteiger charge is 2.55. The number of halogens is 1. The quantitative estimate of drug-likeness (QED) is 0.0630. The van der Waals surface area contributed by atoms with Crippen LogP contribution in [-0.4, -0.2) is 131 Å². The molecule has 1 aromatic rings. The van der Waals surface area contributed by atoms with Crippen LogP contribution in [0.4, 0.5) is 5.69 Å². The van der Waals surface area contributed by atoms with E-state index >= 15 is 0 Å². The number of rotatable bonds is 16. The van der Waals surface area contributed by atoms with Gasteiger partial charge in [-0.25, -0.2) is 4.79 Å². The van der Waals surface area contributed by atoms with Crippen molar-refractivity contribution >= 4 is 80.2 Å². The fourth-order valence-corrected chi connectivity index (χ4v) is 11.4. The fourth-order valence-electron chi connectivity index (χ4n) is 8.46. The van der Waals surface area contributed by atoms with E-state index in [0.717, 1.165) is 11.1 Å². The summed E-state index contributed by atoms with van der Waals surface area (Å²) in [5, 5.41) is 12.7. The minimum absolute atomic E-state index is 0.0326. The number of anilines is 1. The number of fused-ring (bicyclic) bond motifs is 5. The Morgan fingerprint density at radius 2 is 1.77 bits per heavy atom. The lowest BCUT2D eigenvalue weighted by molar-refractivity contribution is -0.197. The highest BCUT2D eigenvalue weighted by molar-refractivity contribution is 8.77. The number of carbonyl (C=O) groups excluding carboxylic acids is 7. The van der Waals surface area contributed by atoms with E-state index in [-0.39, 0.29) is 78.7 Å². The molecular formula is C47H64ClN3O13S2. The van der Waals surface area contributed by atoms with Gasteiger partial charge in [-0.15, -0.1) is 5.06 Å². The summed E-state index contributed by atoms with van der Waals surface area (Å²) in [5.74, 6) is -3.14. The van der Waals surface area contributed by atoms with Gasteiger partial charge >= 0.3 is 11.9 Å². The first kappa shape index (κ1) is 53.0. The largest absolute Gasteiger partial charge is 0.495 e. The van der Waals surface area contributed by atoms with Gasteiger partial charge in [0.15, 0.2) is 5.78 Å². The second-order valence-corrected chi connectivity index (χ2v) is 21.9. The Morgan fingerprint density at radius 3 is 2.44 bits per heavy atom. The molecule has 4 heterocycles. The van der Waals surface area contributed by atoms with Crippen LogP contribution in [-0.2, 0) is 59.0 Å². The maximum atomic E-state index is 14.3. The third-order valence-electron chi connectivity index (χ3n) is 12.8.